The summed E-state index contributed by atoms with van der Waals surface area (Å²) < 4.78 is 11.7. The van der Waals surface area contributed by atoms with Gasteiger partial charge in [-0.3, -0.25) is 0 Å². The van der Waals surface area contributed by atoms with Crippen molar-refractivity contribution in [2.45, 2.75) is 14.7 Å². The quantitative estimate of drug-likeness (QED) is 0.125. The summed E-state index contributed by atoms with van der Waals surface area (Å²) in [5.41, 5.74) is 20.1. The van der Waals surface area contributed by atoms with E-state index in [9.17, 15) is 0 Å². The summed E-state index contributed by atoms with van der Waals surface area (Å²) in [4.78, 5) is 6.07. The Kier molecular flexibility index (Phi) is 11.0. The third-order valence-corrected chi connectivity index (χ3v) is 15.1. The zero-order chi connectivity index (χ0) is 44.5. The topological polar surface area (TPSA) is 39.3 Å². The Hall–Kier alpha value is -7.55. The van der Waals surface area contributed by atoms with Crippen LogP contribution in [0.25, 0.3) is 33.8 Å². The number of nitrogens with one attached hydrogen (secondary N) is 3. The lowest BCUT2D eigenvalue weighted by molar-refractivity contribution is 1.21. The zero-order valence-corrected chi connectivity index (χ0v) is 38.6. The van der Waals surface area contributed by atoms with E-state index in [1.54, 1.807) is 35.8 Å². The molecule has 0 saturated carbocycles. The summed E-state index contributed by atoms with van der Waals surface area (Å²) in [5.74, 6) is 0. The number of hydrogen-bond donors (Lipinski definition) is 3. The Labute approximate surface area is 404 Å². The molecule has 9 aromatic carbocycles. The molecule has 3 aliphatic rings. The Morgan fingerprint density at radius 2 is 0.478 bits per heavy atom. The molecule has 67 heavy (non-hydrogen) atoms. The van der Waals surface area contributed by atoms with E-state index in [1.165, 1.54) is 31.4 Å². The zero-order valence-electron chi connectivity index (χ0n) is 36.2. The van der Waals surface area contributed by atoms with E-state index in [1.807, 2.05) is 0 Å². The van der Waals surface area contributed by atoms with E-state index in [2.05, 4.69) is 256 Å². The van der Waals surface area contributed by atoms with Gasteiger partial charge < -0.3 is 19.1 Å². The lowest BCUT2D eigenvalue weighted by Gasteiger charge is -2.35. The summed E-state index contributed by atoms with van der Waals surface area (Å²) in [6, 6.07) is 85.2. The highest BCUT2D eigenvalue weighted by Crippen LogP contribution is 2.52. The van der Waals surface area contributed by atoms with Crippen LogP contribution >= 0.6 is 35.8 Å². The maximum absolute atomic E-state index is 3.89. The molecule has 4 nitrogen and oxygen atoms in total. The number of benzene rings is 9. The molecular formula is C60H42N4S3. The van der Waals surface area contributed by atoms with Gasteiger partial charge in [-0.2, -0.15) is 0 Å². The largest absolute Gasteiger partial charge is 0.324 e. The van der Waals surface area contributed by atoms with E-state index in [-0.39, 0.29) is 0 Å². The van der Waals surface area contributed by atoms with Gasteiger partial charge >= 0.3 is 0 Å². The molecule has 0 aromatic heterocycles. The molecule has 0 amide bonds. The average molecular weight is 915 g/mol. The molecule has 0 radical (unpaired) electrons. The first kappa shape index (κ1) is 40.9. The number of nitrogens with zero attached hydrogens (tertiary/aromatic N) is 1. The lowest BCUT2D eigenvalue weighted by Crippen LogP contribution is -2.21. The summed E-state index contributed by atoms with van der Waals surface area (Å²) in [7, 11) is 0. The molecule has 7 heteroatoms. The second-order valence-electron chi connectivity index (χ2n) is 16.3. The molecule has 3 aliphatic heterocycles. The fraction of sp³-hybridized carbons (Fsp3) is 0. The minimum atomic E-state index is 1.04. The van der Waals surface area contributed by atoms with Crippen LogP contribution in [0.3, 0.4) is 0 Å². The lowest BCUT2D eigenvalue weighted by atomic mass is 9.90. The summed E-state index contributed by atoms with van der Waals surface area (Å²) >= 11 is 5.01. The van der Waals surface area contributed by atoms with Crippen LogP contribution in [-0.2, 0) is 0 Å². The van der Waals surface area contributed by atoms with Crippen LogP contribution in [0.15, 0.2) is 251 Å². The van der Waals surface area contributed by atoms with Gasteiger partial charge in [0.1, 0.15) is 0 Å². The van der Waals surface area contributed by atoms with Crippen LogP contribution < -0.4 is 19.1 Å². The highest BCUT2D eigenvalue weighted by atomic mass is 32.2. The van der Waals surface area contributed by atoms with Crippen LogP contribution in [0, 0.1) is 0 Å². The second kappa shape index (κ2) is 18.0. The van der Waals surface area contributed by atoms with Gasteiger partial charge in [0.25, 0.3) is 0 Å². The Balaban J connectivity index is 1.17. The maximum atomic E-state index is 3.89. The van der Waals surface area contributed by atoms with Gasteiger partial charge in [0.05, 0.1) is 34.2 Å². The standard InChI is InChI=1S/C60H42N4S3/c1-4-22-40(23-5-1)55-46-31-13-19-37-52(46)65-61-58(55)43-28-10-16-34-49(43)64(50-35-17-11-29-44(50)59-56(41-24-6-2-7-25-41)47-32-14-20-38-53(47)66-62-59)51-36-18-12-30-45(51)60-57(42-26-8-3-9-27-42)48-33-15-21-39-54(48)67-63-60/h1-39,61-63H. The van der Waals surface area contributed by atoms with Crippen LogP contribution in [0.2, 0.25) is 0 Å². The van der Waals surface area contributed by atoms with Crippen molar-refractivity contribution in [3.8, 4) is 0 Å². The molecule has 0 aliphatic carbocycles. The van der Waals surface area contributed by atoms with Crippen molar-refractivity contribution < 1.29 is 0 Å². The van der Waals surface area contributed by atoms with Crippen LogP contribution in [0.4, 0.5) is 17.1 Å². The van der Waals surface area contributed by atoms with Gasteiger partial charge in [0, 0.05) is 48.1 Å². The van der Waals surface area contributed by atoms with E-state index in [4.69, 9.17) is 0 Å². The van der Waals surface area contributed by atoms with E-state index < -0.39 is 0 Å². The van der Waals surface area contributed by atoms with Crippen molar-refractivity contribution in [3.05, 3.63) is 287 Å². The third kappa shape index (κ3) is 7.51. The Morgan fingerprint density at radius 3 is 0.776 bits per heavy atom. The van der Waals surface area contributed by atoms with Crippen molar-refractivity contribution in [3.63, 3.8) is 0 Å². The van der Waals surface area contributed by atoms with Crippen molar-refractivity contribution in [2.75, 3.05) is 4.90 Å². The molecule has 0 bridgehead atoms. The molecule has 0 saturated heterocycles. The monoisotopic (exact) mass is 914 g/mol. The fourth-order valence-electron chi connectivity index (χ4n) is 9.47. The molecule has 12 rings (SSSR count). The molecule has 0 spiro atoms. The predicted octanol–water partition coefficient (Wildman–Crippen LogP) is 15.7. The first-order valence-corrected chi connectivity index (χ1v) is 24.8. The SMILES string of the molecule is c1ccc(C2=C(c3ccccc3N(c3ccccc3C3=C(c4ccccc4)c4ccccc4SN3)c3ccccc3C3=C(c4ccccc4)c4ccccc4SN3)NSc3ccccc32)cc1. The highest BCUT2D eigenvalue weighted by molar-refractivity contribution is 7.98. The van der Waals surface area contributed by atoms with Crippen LogP contribution in [0.1, 0.15) is 50.1 Å². The van der Waals surface area contributed by atoms with Crippen molar-refractivity contribution >= 4 is 86.7 Å². The van der Waals surface area contributed by atoms with Crippen LogP contribution in [-0.4, -0.2) is 0 Å². The van der Waals surface area contributed by atoms with Gasteiger partial charge in [0.15, 0.2) is 0 Å². The number of rotatable bonds is 9. The number of para-hydroxylation sites is 3. The summed E-state index contributed by atoms with van der Waals surface area (Å²) in [6.45, 7) is 0. The predicted molar refractivity (Wildman–Crippen MR) is 285 cm³/mol. The molecule has 0 atom stereocenters. The average Bonchev–Trinajstić information content (AvgIpc) is 3.41. The molecule has 0 fully saturated rings. The number of fused-ring (bicyclic) bond motifs is 3. The third-order valence-electron chi connectivity index (χ3n) is 12.4. The van der Waals surface area contributed by atoms with Crippen molar-refractivity contribution in [1.82, 2.24) is 14.2 Å². The van der Waals surface area contributed by atoms with Crippen LogP contribution in [0.5, 0.6) is 0 Å². The van der Waals surface area contributed by atoms with E-state index in [0.717, 1.165) is 84.3 Å². The Bertz CT molecular complexity index is 3060. The van der Waals surface area contributed by atoms with Gasteiger partial charge in [-0.15, -0.1) is 0 Å². The Morgan fingerprint density at radius 1 is 0.239 bits per heavy atom. The first-order chi connectivity index (χ1) is 33.3. The highest BCUT2D eigenvalue weighted by Gasteiger charge is 2.32. The van der Waals surface area contributed by atoms with Gasteiger partial charge in [-0.25, -0.2) is 0 Å². The molecular weight excluding hydrogens is 873 g/mol. The van der Waals surface area contributed by atoms with E-state index in [0.29, 0.717) is 0 Å². The van der Waals surface area contributed by atoms with Gasteiger partial charge in [0.2, 0.25) is 0 Å². The molecule has 0 unspecified atom stereocenters. The summed E-state index contributed by atoms with van der Waals surface area (Å²) in [5, 5.41) is 0. The minimum absolute atomic E-state index is 1.04. The maximum Gasteiger partial charge on any atom is 0.0623 e. The van der Waals surface area contributed by atoms with Crippen molar-refractivity contribution in [2.24, 2.45) is 0 Å². The molecule has 320 valence electrons. The van der Waals surface area contributed by atoms with E-state index >= 15 is 0 Å². The first-order valence-electron chi connectivity index (χ1n) is 22.3. The van der Waals surface area contributed by atoms with Gasteiger partial charge in [-0.1, -0.05) is 200 Å². The van der Waals surface area contributed by atoms with Crippen molar-refractivity contribution in [1.29, 1.82) is 0 Å². The fourth-order valence-corrected chi connectivity index (χ4v) is 12.0. The smallest absolute Gasteiger partial charge is 0.0623 e. The molecule has 3 heterocycles. The summed E-state index contributed by atoms with van der Waals surface area (Å²) in [6.07, 6.45) is 0. The minimum Gasteiger partial charge on any atom is -0.324 e. The molecule has 3 N–H and O–H groups in total. The number of hydrogen-bond acceptors (Lipinski definition) is 7. The normalized spacial score (nSPS) is 14.0. The van der Waals surface area contributed by atoms with Gasteiger partial charge in [-0.05, 0) is 106 Å². The molecule has 9 aromatic rings. The number of anilines is 3. The second-order valence-corrected chi connectivity index (χ2v) is 18.9.